The molecule has 0 spiro atoms. The van der Waals surface area contributed by atoms with E-state index in [1.54, 1.807) is 0 Å². The van der Waals surface area contributed by atoms with E-state index in [0.717, 1.165) is 0 Å². The number of carboxylic acids is 1. The fourth-order valence-corrected chi connectivity index (χ4v) is 2.99. The van der Waals surface area contributed by atoms with Gasteiger partial charge >= 0.3 is 12.1 Å². The van der Waals surface area contributed by atoms with E-state index < -0.39 is 42.5 Å². The van der Waals surface area contributed by atoms with E-state index in [2.05, 4.69) is 0 Å². The largest absolute Gasteiger partial charge is 0.480 e. The van der Waals surface area contributed by atoms with Gasteiger partial charge in [0.05, 0.1) is 5.92 Å². The average Bonchev–Trinajstić information content (AvgIpc) is 2.77. The predicted molar refractivity (Wildman–Crippen MR) is 67.7 cm³/mol. The second kappa shape index (κ2) is 6.13. The van der Waals surface area contributed by atoms with Crippen LogP contribution in [-0.2, 0) is 14.4 Å². The highest BCUT2D eigenvalue weighted by molar-refractivity contribution is 5.91. The van der Waals surface area contributed by atoms with Gasteiger partial charge in [-0.3, -0.25) is 9.59 Å². The first kappa shape index (κ1) is 16.6. The van der Waals surface area contributed by atoms with Crippen molar-refractivity contribution >= 4 is 17.8 Å². The van der Waals surface area contributed by atoms with Gasteiger partial charge in [-0.2, -0.15) is 13.2 Å². The molecular weight excluding hydrogens is 305 g/mol. The van der Waals surface area contributed by atoms with Crippen LogP contribution < -0.4 is 0 Å². The Labute approximate surface area is 124 Å². The van der Waals surface area contributed by atoms with Gasteiger partial charge in [-0.1, -0.05) is 0 Å². The third-order valence-corrected chi connectivity index (χ3v) is 4.00. The summed E-state index contributed by atoms with van der Waals surface area (Å²) in [6, 6.07) is -0.951. The van der Waals surface area contributed by atoms with Crippen molar-refractivity contribution in [3.63, 3.8) is 0 Å². The van der Waals surface area contributed by atoms with Crippen molar-refractivity contribution in [1.82, 2.24) is 9.80 Å². The molecule has 2 saturated heterocycles. The van der Waals surface area contributed by atoms with E-state index in [0.29, 0.717) is 24.2 Å². The van der Waals surface area contributed by atoms with Crippen molar-refractivity contribution < 1.29 is 32.7 Å². The maximum atomic E-state index is 12.4. The van der Waals surface area contributed by atoms with Gasteiger partial charge in [0.15, 0.2) is 0 Å². The van der Waals surface area contributed by atoms with Crippen LogP contribution in [0.1, 0.15) is 25.7 Å². The van der Waals surface area contributed by atoms with E-state index in [1.165, 1.54) is 4.90 Å². The summed E-state index contributed by atoms with van der Waals surface area (Å²) < 4.78 is 37.1. The smallest absolute Gasteiger partial charge is 0.406 e. The molecule has 0 aromatic carbocycles. The van der Waals surface area contributed by atoms with E-state index in [4.69, 9.17) is 5.11 Å². The second-order valence-corrected chi connectivity index (χ2v) is 5.67. The summed E-state index contributed by atoms with van der Waals surface area (Å²) in [5, 5.41) is 9.14. The Morgan fingerprint density at radius 1 is 1.27 bits per heavy atom. The molecule has 0 aliphatic carbocycles. The van der Waals surface area contributed by atoms with Gasteiger partial charge in [0.25, 0.3) is 0 Å². The van der Waals surface area contributed by atoms with Crippen LogP contribution in [0, 0.1) is 5.92 Å². The fraction of sp³-hybridized carbons (Fsp3) is 0.769. The highest BCUT2D eigenvalue weighted by atomic mass is 19.4. The highest BCUT2D eigenvalue weighted by Gasteiger charge is 2.43. The number of amides is 2. The Hall–Kier alpha value is -1.80. The van der Waals surface area contributed by atoms with Crippen LogP contribution in [0.2, 0.25) is 0 Å². The van der Waals surface area contributed by atoms with Crippen molar-refractivity contribution in [2.75, 3.05) is 19.6 Å². The monoisotopic (exact) mass is 322 g/mol. The molecule has 0 saturated carbocycles. The van der Waals surface area contributed by atoms with Gasteiger partial charge in [-0.25, -0.2) is 4.79 Å². The van der Waals surface area contributed by atoms with Gasteiger partial charge in [-0.05, 0) is 19.3 Å². The number of hydrogen-bond donors (Lipinski definition) is 1. The van der Waals surface area contributed by atoms with Gasteiger partial charge < -0.3 is 14.9 Å². The summed E-state index contributed by atoms with van der Waals surface area (Å²) >= 11 is 0. The molecule has 6 nitrogen and oxygen atoms in total. The van der Waals surface area contributed by atoms with Crippen LogP contribution in [0.15, 0.2) is 0 Å². The van der Waals surface area contributed by atoms with E-state index in [9.17, 15) is 27.6 Å². The normalized spacial score (nSPS) is 26.4. The van der Waals surface area contributed by atoms with E-state index in [1.807, 2.05) is 0 Å². The zero-order valence-electron chi connectivity index (χ0n) is 11.8. The summed E-state index contributed by atoms with van der Waals surface area (Å²) in [6.07, 6.45) is -3.14. The zero-order valence-corrected chi connectivity index (χ0v) is 11.8. The second-order valence-electron chi connectivity index (χ2n) is 5.67. The predicted octanol–water partition coefficient (Wildman–Crippen LogP) is 0.863. The fourth-order valence-electron chi connectivity index (χ4n) is 2.99. The molecule has 2 heterocycles. The number of aliphatic carboxylic acids is 1. The number of carbonyl (C=O) groups excluding carboxylic acids is 2. The first-order chi connectivity index (χ1) is 10.2. The minimum Gasteiger partial charge on any atom is -0.480 e. The molecule has 0 aromatic heterocycles. The molecule has 9 heteroatoms. The third kappa shape index (κ3) is 3.69. The molecule has 2 aliphatic rings. The third-order valence-electron chi connectivity index (χ3n) is 4.00. The van der Waals surface area contributed by atoms with Crippen LogP contribution >= 0.6 is 0 Å². The molecule has 0 bridgehead atoms. The van der Waals surface area contributed by atoms with Crippen LogP contribution in [-0.4, -0.2) is 64.5 Å². The number of carbonyl (C=O) groups is 3. The van der Waals surface area contributed by atoms with Crippen LogP contribution in [0.5, 0.6) is 0 Å². The quantitative estimate of drug-likeness (QED) is 0.836. The van der Waals surface area contributed by atoms with Gasteiger partial charge in [-0.15, -0.1) is 0 Å². The first-order valence-corrected chi connectivity index (χ1v) is 7.07. The van der Waals surface area contributed by atoms with Crippen LogP contribution in [0.4, 0.5) is 13.2 Å². The van der Waals surface area contributed by atoms with Crippen molar-refractivity contribution in [3.05, 3.63) is 0 Å². The highest BCUT2D eigenvalue weighted by Crippen LogP contribution is 2.27. The summed E-state index contributed by atoms with van der Waals surface area (Å²) in [5.74, 6) is -3.27. The number of piperidine rings is 1. The molecule has 2 aliphatic heterocycles. The van der Waals surface area contributed by atoms with Crippen LogP contribution in [0.25, 0.3) is 0 Å². The van der Waals surface area contributed by atoms with E-state index in [-0.39, 0.29) is 19.5 Å². The zero-order chi connectivity index (χ0) is 16.5. The van der Waals surface area contributed by atoms with Crippen molar-refractivity contribution in [2.24, 2.45) is 5.92 Å². The maximum absolute atomic E-state index is 12.4. The number of carboxylic acid groups (broad SMARTS) is 1. The van der Waals surface area contributed by atoms with Gasteiger partial charge in [0, 0.05) is 19.5 Å². The van der Waals surface area contributed by atoms with Gasteiger partial charge in [0.1, 0.15) is 12.6 Å². The van der Waals surface area contributed by atoms with E-state index >= 15 is 0 Å². The lowest BCUT2D eigenvalue weighted by Crippen LogP contribution is -2.50. The molecule has 22 heavy (non-hydrogen) atoms. The molecule has 2 atom stereocenters. The molecule has 2 amide bonds. The Kier molecular flexibility index (Phi) is 4.62. The first-order valence-electron chi connectivity index (χ1n) is 7.07. The van der Waals surface area contributed by atoms with Gasteiger partial charge in [0.2, 0.25) is 11.8 Å². The lowest BCUT2D eigenvalue weighted by molar-refractivity contribution is -0.158. The number of nitrogens with zero attached hydrogens (tertiary/aromatic N) is 2. The number of alkyl halides is 3. The Balaban J connectivity index is 2.04. The molecule has 2 fully saturated rings. The molecular formula is C13H17F3N2O4. The standard InChI is InChI=1S/C13H17F3N2O4/c14-13(15,16)7-17-6-8(5-10(17)19)11(20)18-4-2-1-3-9(18)12(21)22/h8-9H,1-7H2,(H,21,22). The summed E-state index contributed by atoms with van der Waals surface area (Å²) in [4.78, 5) is 37.0. The topological polar surface area (TPSA) is 77.9 Å². The average molecular weight is 322 g/mol. The lowest BCUT2D eigenvalue weighted by Gasteiger charge is -2.34. The number of rotatable bonds is 3. The maximum Gasteiger partial charge on any atom is 0.406 e. The minimum absolute atomic E-state index is 0.264. The molecule has 1 N–H and O–H groups in total. The number of halogens is 3. The minimum atomic E-state index is -4.51. The summed E-state index contributed by atoms with van der Waals surface area (Å²) in [6.45, 7) is -1.42. The Morgan fingerprint density at radius 3 is 2.55 bits per heavy atom. The Morgan fingerprint density at radius 2 is 1.95 bits per heavy atom. The van der Waals surface area contributed by atoms with Crippen molar-refractivity contribution in [3.8, 4) is 0 Å². The molecule has 0 aromatic rings. The Bertz CT molecular complexity index is 480. The molecule has 0 radical (unpaired) electrons. The lowest BCUT2D eigenvalue weighted by atomic mass is 9.98. The van der Waals surface area contributed by atoms with Crippen LogP contribution in [0.3, 0.4) is 0 Å². The van der Waals surface area contributed by atoms with Crippen molar-refractivity contribution in [1.29, 1.82) is 0 Å². The van der Waals surface area contributed by atoms with Crippen molar-refractivity contribution in [2.45, 2.75) is 37.9 Å². The number of hydrogen-bond acceptors (Lipinski definition) is 3. The molecule has 2 rings (SSSR count). The SMILES string of the molecule is O=C(O)C1CCCCN1C(=O)C1CC(=O)N(CC(F)(F)F)C1. The molecule has 124 valence electrons. The number of likely N-dealkylation sites (tertiary alicyclic amines) is 2. The summed E-state index contributed by atoms with van der Waals surface area (Å²) in [7, 11) is 0. The molecule has 2 unspecified atom stereocenters. The summed E-state index contributed by atoms with van der Waals surface area (Å²) in [5.41, 5.74) is 0.